The van der Waals surface area contributed by atoms with Crippen molar-refractivity contribution in [3.8, 4) is 0 Å². The minimum Gasteiger partial charge on any atom is -0.304 e. The van der Waals surface area contributed by atoms with Crippen LogP contribution in [0.15, 0.2) is 91.0 Å². The highest BCUT2D eigenvalue weighted by Crippen LogP contribution is 2.26. The van der Waals surface area contributed by atoms with Crippen LogP contribution in [0.25, 0.3) is 5.57 Å². The monoisotopic (exact) mass is 484 g/mol. The van der Waals surface area contributed by atoms with E-state index in [1.807, 2.05) is 24.3 Å². The molecule has 1 heterocycles. The van der Waals surface area contributed by atoms with E-state index in [1.165, 1.54) is 16.7 Å². The van der Waals surface area contributed by atoms with Gasteiger partial charge in [-0.25, -0.2) is 0 Å². The van der Waals surface area contributed by atoms with E-state index in [4.69, 9.17) is 0 Å². The first-order valence-electron chi connectivity index (χ1n) is 12.7. The van der Waals surface area contributed by atoms with Crippen LogP contribution in [0.1, 0.15) is 29.7 Å². The van der Waals surface area contributed by atoms with Crippen molar-refractivity contribution >= 4 is 11.3 Å². The van der Waals surface area contributed by atoms with E-state index in [0.29, 0.717) is 0 Å². The van der Waals surface area contributed by atoms with Gasteiger partial charge in [0, 0.05) is 64.0 Å². The zero-order chi connectivity index (χ0) is 25.3. The fourth-order valence-corrected chi connectivity index (χ4v) is 4.72. The van der Waals surface area contributed by atoms with E-state index in [1.54, 1.807) is 12.1 Å². The van der Waals surface area contributed by atoms with E-state index in [2.05, 4.69) is 83.3 Å². The minimum atomic E-state index is -0.339. The number of nitro groups is 1. The number of hydrogen-bond acceptors (Lipinski definition) is 5. The molecule has 3 aromatic carbocycles. The molecule has 6 nitrogen and oxygen atoms in total. The van der Waals surface area contributed by atoms with Crippen molar-refractivity contribution in [1.82, 2.24) is 14.7 Å². The van der Waals surface area contributed by atoms with Crippen molar-refractivity contribution in [2.45, 2.75) is 13.0 Å². The van der Waals surface area contributed by atoms with E-state index >= 15 is 0 Å². The Labute approximate surface area is 214 Å². The van der Waals surface area contributed by atoms with Crippen molar-refractivity contribution < 1.29 is 4.92 Å². The Balaban J connectivity index is 1.58. The molecular weight excluding hydrogens is 448 g/mol. The highest BCUT2D eigenvalue weighted by Gasteiger charge is 2.20. The number of nitro benzene ring substituents is 1. The van der Waals surface area contributed by atoms with E-state index in [0.717, 1.165) is 51.4 Å². The zero-order valence-corrected chi connectivity index (χ0v) is 21.3. The van der Waals surface area contributed by atoms with Gasteiger partial charge in [0.15, 0.2) is 0 Å². The van der Waals surface area contributed by atoms with Gasteiger partial charge in [-0.3, -0.25) is 19.9 Å². The van der Waals surface area contributed by atoms with Gasteiger partial charge in [0.2, 0.25) is 0 Å². The molecule has 1 atom stereocenters. The maximum atomic E-state index is 11.1. The molecule has 6 heteroatoms. The summed E-state index contributed by atoms with van der Waals surface area (Å²) in [5.74, 6) is 0. The number of nitrogens with zero attached hydrogens (tertiary/aromatic N) is 4. The number of rotatable bonds is 10. The second-order valence-corrected chi connectivity index (χ2v) is 9.51. The summed E-state index contributed by atoms with van der Waals surface area (Å²) in [5, 5.41) is 11.1. The summed E-state index contributed by atoms with van der Waals surface area (Å²) in [6.45, 7) is 9.29. The number of likely N-dealkylation sites (N-methyl/N-ethyl adjacent to an activating group) is 1. The molecule has 188 valence electrons. The summed E-state index contributed by atoms with van der Waals surface area (Å²) in [4.78, 5) is 18.2. The lowest BCUT2D eigenvalue weighted by Crippen LogP contribution is -2.47. The van der Waals surface area contributed by atoms with Crippen molar-refractivity contribution in [2.24, 2.45) is 0 Å². The van der Waals surface area contributed by atoms with E-state index in [-0.39, 0.29) is 16.7 Å². The Bertz CT molecular complexity index is 1080. The third-order valence-corrected chi connectivity index (χ3v) is 7.13. The molecule has 1 aliphatic heterocycles. The summed E-state index contributed by atoms with van der Waals surface area (Å²) >= 11 is 0. The van der Waals surface area contributed by atoms with Gasteiger partial charge in [0.25, 0.3) is 5.69 Å². The summed E-state index contributed by atoms with van der Waals surface area (Å²) in [6, 6.07) is 28.2. The highest BCUT2D eigenvalue weighted by molar-refractivity contribution is 5.79. The topological polar surface area (TPSA) is 52.9 Å². The van der Waals surface area contributed by atoms with Crippen molar-refractivity contribution in [2.75, 3.05) is 52.9 Å². The first-order valence-corrected chi connectivity index (χ1v) is 12.7. The first kappa shape index (κ1) is 25.8. The molecule has 3 aromatic rings. The molecule has 0 N–H and O–H groups in total. The molecule has 1 fully saturated rings. The maximum absolute atomic E-state index is 11.1. The standard InChI is InChI=1S/C30H36N4O2/c1-25(26-13-15-29(16-14-26)34(35)36)33(24-23-32-21-19-31(2)20-22-32)18-17-30(27-9-5-3-6-10-27)28-11-7-4-8-12-28/h3-17,25H,18-24H2,1-2H3/t25-/m1/s1. The molecule has 0 bridgehead atoms. The van der Waals surface area contributed by atoms with Crippen molar-refractivity contribution in [1.29, 1.82) is 0 Å². The van der Waals surface area contributed by atoms with Gasteiger partial charge in [-0.15, -0.1) is 0 Å². The van der Waals surface area contributed by atoms with E-state index in [9.17, 15) is 10.1 Å². The van der Waals surface area contributed by atoms with Crippen LogP contribution in [-0.4, -0.2) is 72.5 Å². The van der Waals surface area contributed by atoms with Gasteiger partial charge in [-0.05, 0) is 36.2 Å². The molecular formula is C30H36N4O2. The number of piperazine rings is 1. The van der Waals surface area contributed by atoms with Gasteiger partial charge >= 0.3 is 0 Å². The number of hydrogen-bond donors (Lipinski definition) is 0. The summed E-state index contributed by atoms with van der Waals surface area (Å²) in [7, 11) is 2.18. The van der Waals surface area contributed by atoms with Gasteiger partial charge < -0.3 is 4.90 Å². The van der Waals surface area contributed by atoms with Crippen LogP contribution < -0.4 is 0 Å². The molecule has 0 aromatic heterocycles. The third kappa shape index (κ3) is 6.88. The normalized spacial score (nSPS) is 15.5. The lowest BCUT2D eigenvalue weighted by molar-refractivity contribution is -0.384. The van der Waals surface area contributed by atoms with Crippen molar-refractivity contribution in [3.63, 3.8) is 0 Å². The molecule has 0 radical (unpaired) electrons. The largest absolute Gasteiger partial charge is 0.304 e. The Kier molecular flexibility index (Phi) is 9.01. The molecule has 1 saturated heterocycles. The molecule has 1 aliphatic rings. The predicted molar refractivity (Wildman–Crippen MR) is 147 cm³/mol. The van der Waals surface area contributed by atoms with Gasteiger partial charge in [0.05, 0.1) is 4.92 Å². The SMILES string of the molecule is C[C@H](c1ccc([N+](=O)[O-])cc1)N(CC=C(c1ccccc1)c1ccccc1)CCN1CCN(C)CC1. The predicted octanol–water partition coefficient (Wildman–Crippen LogP) is 5.34. The Morgan fingerprint density at radius 3 is 2.00 bits per heavy atom. The quantitative estimate of drug-likeness (QED) is 0.287. The van der Waals surface area contributed by atoms with Crippen LogP contribution in [0.5, 0.6) is 0 Å². The smallest absolute Gasteiger partial charge is 0.269 e. The minimum absolute atomic E-state index is 0.127. The molecule has 0 unspecified atom stereocenters. The fraction of sp³-hybridized carbons (Fsp3) is 0.333. The summed E-state index contributed by atoms with van der Waals surface area (Å²) in [5.41, 5.74) is 4.84. The molecule has 0 saturated carbocycles. The lowest BCUT2D eigenvalue weighted by Gasteiger charge is -2.35. The van der Waals surface area contributed by atoms with Gasteiger partial charge in [0.1, 0.15) is 0 Å². The van der Waals surface area contributed by atoms with Gasteiger partial charge in [-0.1, -0.05) is 78.9 Å². The molecule has 4 rings (SSSR count). The fourth-order valence-electron chi connectivity index (χ4n) is 4.72. The average Bonchev–Trinajstić information content (AvgIpc) is 2.92. The van der Waals surface area contributed by atoms with Crippen molar-refractivity contribution in [3.05, 3.63) is 118 Å². The van der Waals surface area contributed by atoms with E-state index < -0.39 is 0 Å². The van der Waals surface area contributed by atoms with Crippen LogP contribution in [0, 0.1) is 10.1 Å². The third-order valence-electron chi connectivity index (χ3n) is 7.13. The Morgan fingerprint density at radius 1 is 0.917 bits per heavy atom. The number of non-ortho nitro benzene ring substituents is 1. The zero-order valence-electron chi connectivity index (χ0n) is 21.3. The summed E-state index contributed by atoms with van der Waals surface area (Å²) in [6.07, 6.45) is 2.33. The number of benzene rings is 3. The molecule has 36 heavy (non-hydrogen) atoms. The van der Waals surface area contributed by atoms with Crippen LogP contribution in [-0.2, 0) is 0 Å². The first-order chi connectivity index (χ1) is 17.5. The molecule has 0 amide bonds. The van der Waals surface area contributed by atoms with Gasteiger partial charge in [-0.2, -0.15) is 0 Å². The average molecular weight is 485 g/mol. The molecule has 0 aliphatic carbocycles. The van der Waals surface area contributed by atoms with Crippen LogP contribution in [0.2, 0.25) is 0 Å². The van der Waals surface area contributed by atoms with Crippen LogP contribution in [0.3, 0.4) is 0 Å². The second kappa shape index (κ2) is 12.6. The maximum Gasteiger partial charge on any atom is 0.269 e. The lowest BCUT2D eigenvalue weighted by atomic mass is 9.97. The summed E-state index contributed by atoms with van der Waals surface area (Å²) < 4.78 is 0. The molecule has 0 spiro atoms. The highest BCUT2D eigenvalue weighted by atomic mass is 16.6. The van der Waals surface area contributed by atoms with Crippen LogP contribution in [0.4, 0.5) is 5.69 Å². The Hall–Kier alpha value is -3.32. The second-order valence-electron chi connectivity index (χ2n) is 9.51. The van der Waals surface area contributed by atoms with Crippen LogP contribution >= 0.6 is 0 Å². The Morgan fingerprint density at radius 2 is 1.47 bits per heavy atom.